The first-order valence-electron chi connectivity index (χ1n) is 6.69. The number of carbonyl (C=O) groups excluding carboxylic acids is 1. The van der Waals surface area contributed by atoms with Crippen LogP contribution in [0.1, 0.15) is 32.8 Å². The molecular weight excluding hydrogens is 240 g/mol. The Hall–Kier alpha value is -1.55. The average Bonchev–Trinajstić information content (AvgIpc) is 2.34. The van der Waals surface area contributed by atoms with E-state index in [1.54, 1.807) is 6.92 Å². The summed E-state index contributed by atoms with van der Waals surface area (Å²) >= 11 is 0. The van der Waals surface area contributed by atoms with Gasteiger partial charge in [-0.3, -0.25) is 4.79 Å². The zero-order valence-electron chi connectivity index (χ0n) is 12.2. The van der Waals surface area contributed by atoms with Crippen molar-refractivity contribution in [3.05, 3.63) is 23.8 Å². The van der Waals surface area contributed by atoms with E-state index >= 15 is 0 Å². The van der Waals surface area contributed by atoms with Crippen LogP contribution >= 0.6 is 0 Å². The van der Waals surface area contributed by atoms with Crippen LogP contribution in [-0.2, 0) is 9.53 Å². The van der Waals surface area contributed by atoms with Crippen LogP contribution in [0.5, 0.6) is 0 Å². The summed E-state index contributed by atoms with van der Waals surface area (Å²) in [4.78, 5) is 12.0. The van der Waals surface area contributed by atoms with Gasteiger partial charge in [-0.05, 0) is 43.9 Å². The minimum absolute atomic E-state index is 0.141. The van der Waals surface area contributed by atoms with Crippen LogP contribution in [-0.4, -0.2) is 18.6 Å². The number of hydrogen-bond acceptors (Lipinski definition) is 3. The van der Waals surface area contributed by atoms with E-state index in [-0.39, 0.29) is 5.91 Å². The molecule has 4 nitrogen and oxygen atoms in total. The zero-order chi connectivity index (χ0) is 14.4. The number of nitrogens with two attached hydrogens (primary N) is 1. The third-order valence-corrected chi connectivity index (χ3v) is 3.07. The number of carbonyl (C=O) groups is 1. The molecule has 3 N–H and O–H groups in total. The van der Waals surface area contributed by atoms with Crippen LogP contribution in [0.25, 0.3) is 0 Å². The number of benzene rings is 1. The Labute approximate surface area is 115 Å². The number of rotatable bonds is 6. The van der Waals surface area contributed by atoms with Gasteiger partial charge in [-0.2, -0.15) is 0 Å². The van der Waals surface area contributed by atoms with Gasteiger partial charge in [-0.25, -0.2) is 0 Å². The van der Waals surface area contributed by atoms with Crippen LogP contribution in [0, 0.1) is 12.8 Å². The Morgan fingerprint density at radius 2 is 2.05 bits per heavy atom. The average molecular weight is 264 g/mol. The van der Waals surface area contributed by atoms with E-state index in [9.17, 15) is 4.79 Å². The highest BCUT2D eigenvalue weighted by Crippen LogP contribution is 2.20. The van der Waals surface area contributed by atoms with Crippen molar-refractivity contribution >= 4 is 17.3 Å². The van der Waals surface area contributed by atoms with E-state index in [2.05, 4.69) is 19.2 Å². The first-order valence-corrected chi connectivity index (χ1v) is 6.69. The Kier molecular flexibility index (Phi) is 5.83. The summed E-state index contributed by atoms with van der Waals surface area (Å²) in [6, 6.07) is 5.47. The number of anilines is 2. The largest absolute Gasteiger partial charge is 0.398 e. The fourth-order valence-electron chi connectivity index (χ4n) is 1.58. The number of hydrogen-bond donors (Lipinski definition) is 2. The van der Waals surface area contributed by atoms with Gasteiger partial charge in [0.25, 0.3) is 5.91 Å². The molecule has 0 saturated carbocycles. The number of nitrogens with one attached hydrogen (secondary N) is 1. The highest BCUT2D eigenvalue weighted by molar-refractivity contribution is 5.95. The van der Waals surface area contributed by atoms with Crippen molar-refractivity contribution < 1.29 is 9.53 Å². The predicted octanol–water partition coefficient (Wildman–Crippen LogP) is 2.97. The first kappa shape index (κ1) is 15.5. The molecule has 0 fully saturated rings. The van der Waals surface area contributed by atoms with E-state index in [1.165, 1.54) is 0 Å². The van der Waals surface area contributed by atoms with Crippen molar-refractivity contribution in [3.63, 3.8) is 0 Å². The smallest absolute Gasteiger partial charge is 0.253 e. The lowest BCUT2D eigenvalue weighted by molar-refractivity contribution is -0.126. The molecule has 0 bridgehead atoms. The molecular formula is C15H24N2O2. The van der Waals surface area contributed by atoms with Crippen molar-refractivity contribution in [1.82, 2.24) is 0 Å². The van der Waals surface area contributed by atoms with Crippen LogP contribution in [0.3, 0.4) is 0 Å². The van der Waals surface area contributed by atoms with Gasteiger partial charge in [0.05, 0.1) is 0 Å². The lowest BCUT2D eigenvalue weighted by atomic mass is 10.1. The molecule has 0 radical (unpaired) electrons. The SMILES string of the molecule is Cc1c(N)cccc1NC(=O)C(C)OCCC(C)C. The molecule has 19 heavy (non-hydrogen) atoms. The summed E-state index contributed by atoms with van der Waals surface area (Å²) < 4.78 is 5.51. The van der Waals surface area contributed by atoms with Gasteiger partial charge < -0.3 is 15.8 Å². The van der Waals surface area contributed by atoms with Gasteiger partial charge in [0.15, 0.2) is 0 Å². The van der Waals surface area contributed by atoms with Crippen molar-refractivity contribution in [2.75, 3.05) is 17.7 Å². The minimum Gasteiger partial charge on any atom is -0.398 e. The van der Waals surface area contributed by atoms with Gasteiger partial charge in [0.2, 0.25) is 0 Å². The second kappa shape index (κ2) is 7.14. The van der Waals surface area contributed by atoms with Crippen molar-refractivity contribution in [3.8, 4) is 0 Å². The van der Waals surface area contributed by atoms with Crippen molar-refractivity contribution in [2.24, 2.45) is 5.92 Å². The fourth-order valence-corrected chi connectivity index (χ4v) is 1.58. The van der Waals surface area contributed by atoms with Crippen LogP contribution in [0.15, 0.2) is 18.2 Å². The molecule has 0 aliphatic carbocycles. The van der Waals surface area contributed by atoms with Gasteiger partial charge in [-0.15, -0.1) is 0 Å². The lowest BCUT2D eigenvalue weighted by Crippen LogP contribution is -2.28. The van der Waals surface area contributed by atoms with Crippen molar-refractivity contribution in [1.29, 1.82) is 0 Å². The maximum absolute atomic E-state index is 12.0. The van der Waals surface area contributed by atoms with E-state index in [0.717, 1.165) is 17.7 Å². The van der Waals surface area contributed by atoms with Gasteiger partial charge in [0.1, 0.15) is 6.10 Å². The molecule has 1 unspecified atom stereocenters. The summed E-state index contributed by atoms with van der Waals surface area (Å²) in [5.41, 5.74) is 8.10. The van der Waals surface area contributed by atoms with Crippen LogP contribution < -0.4 is 11.1 Å². The molecule has 0 aromatic heterocycles. The molecule has 1 rings (SSSR count). The molecule has 0 aliphatic rings. The highest BCUT2D eigenvalue weighted by Gasteiger charge is 2.14. The maximum atomic E-state index is 12.0. The molecule has 0 saturated heterocycles. The Bertz CT molecular complexity index is 430. The van der Waals surface area contributed by atoms with E-state index in [1.807, 2.05) is 25.1 Å². The molecule has 0 spiro atoms. The normalized spacial score (nSPS) is 12.5. The Balaban J connectivity index is 2.52. The van der Waals surface area contributed by atoms with Gasteiger partial charge in [-0.1, -0.05) is 19.9 Å². The molecule has 0 aliphatic heterocycles. The summed E-state index contributed by atoms with van der Waals surface area (Å²) in [5.74, 6) is 0.434. The van der Waals surface area contributed by atoms with E-state index in [0.29, 0.717) is 18.2 Å². The van der Waals surface area contributed by atoms with Crippen molar-refractivity contribution in [2.45, 2.75) is 40.2 Å². The summed E-state index contributed by atoms with van der Waals surface area (Å²) in [6.45, 7) is 8.50. The molecule has 4 heteroatoms. The standard InChI is InChI=1S/C15H24N2O2/c1-10(2)8-9-19-12(4)15(18)17-14-7-5-6-13(16)11(14)3/h5-7,10,12H,8-9,16H2,1-4H3,(H,17,18). The van der Waals surface area contributed by atoms with Gasteiger partial charge >= 0.3 is 0 Å². The van der Waals surface area contributed by atoms with Crippen LogP contribution in [0.4, 0.5) is 11.4 Å². The molecule has 0 heterocycles. The number of amides is 1. The molecule has 1 aromatic carbocycles. The Morgan fingerprint density at radius 1 is 1.37 bits per heavy atom. The molecule has 1 aromatic rings. The van der Waals surface area contributed by atoms with Gasteiger partial charge in [0, 0.05) is 18.0 Å². The second-order valence-electron chi connectivity index (χ2n) is 5.20. The monoisotopic (exact) mass is 264 g/mol. The quantitative estimate of drug-likeness (QED) is 0.776. The molecule has 1 amide bonds. The predicted molar refractivity (Wildman–Crippen MR) is 79.1 cm³/mol. The molecule has 106 valence electrons. The fraction of sp³-hybridized carbons (Fsp3) is 0.533. The van der Waals surface area contributed by atoms with E-state index in [4.69, 9.17) is 10.5 Å². The third-order valence-electron chi connectivity index (χ3n) is 3.07. The van der Waals surface area contributed by atoms with E-state index < -0.39 is 6.10 Å². The Morgan fingerprint density at radius 3 is 2.68 bits per heavy atom. The first-order chi connectivity index (χ1) is 8.91. The highest BCUT2D eigenvalue weighted by atomic mass is 16.5. The summed E-state index contributed by atoms with van der Waals surface area (Å²) in [7, 11) is 0. The third kappa shape index (κ3) is 4.91. The van der Waals surface area contributed by atoms with Crippen LogP contribution in [0.2, 0.25) is 0 Å². The maximum Gasteiger partial charge on any atom is 0.253 e. The topological polar surface area (TPSA) is 64.3 Å². The minimum atomic E-state index is -0.459. The molecule has 1 atom stereocenters. The number of ether oxygens (including phenoxy) is 1. The zero-order valence-corrected chi connectivity index (χ0v) is 12.2. The summed E-state index contributed by atoms with van der Waals surface area (Å²) in [6.07, 6.45) is 0.495. The summed E-state index contributed by atoms with van der Waals surface area (Å²) in [5, 5.41) is 2.84. The lowest BCUT2D eigenvalue weighted by Gasteiger charge is -2.16. The second-order valence-corrected chi connectivity index (χ2v) is 5.20. The number of nitrogen functional groups attached to an aromatic ring is 1.